The van der Waals surface area contributed by atoms with Gasteiger partial charge in [0.15, 0.2) is 0 Å². The first-order valence-corrected chi connectivity index (χ1v) is 6.42. The van der Waals surface area contributed by atoms with E-state index in [0.29, 0.717) is 0 Å². The van der Waals surface area contributed by atoms with Crippen molar-refractivity contribution in [2.45, 2.75) is 6.42 Å². The van der Waals surface area contributed by atoms with Gasteiger partial charge in [0.1, 0.15) is 5.75 Å². The van der Waals surface area contributed by atoms with Crippen LogP contribution in [0.5, 0.6) is 5.75 Å². The lowest BCUT2D eigenvalue weighted by Gasteiger charge is -2.10. The second-order valence-corrected chi connectivity index (χ2v) is 4.51. The summed E-state index contributed by atoms with van der Waals surface area (Å²) >= 11 is 0. The van der Waals surface area contributed by atoms with E-state index in [2.05, 4.69) is 34.8 Å². The number of methoxy groups -OCH3 is 1. The summed E-state index contributed by atoms with van der Waals surface area (Å²) < 4.78 is 5.33. The molecule has 2 aromatic carbocycles. The second kappa shape index (κ2) is 5.14. The molecule has 96 valence electrons. The Morgan fingerprint density at radius 3 is 2.74 bits per heavy atom. The third-order valence-electron chi connectivity index (χ3n) is 3.32. The summed E-state index contributed by atoms with van der Waals surface area (Å²) in [6, 6.07) is 16.4. The normalized spacial score (nSPS) is 13.8. The van der Waals surface area contributed by atoms with Gasteiger partial charge < -0.3 is 10.2 Å². The van der Waals surface area contributed by atoms with Gasteiger partial charge in [-0.25, -0.2) is 0 Å². The van der Waals surface area contributed by atoms with E-state index in [4.69, 9.17) is 4.74 Å². The molecule has 3 nitrogen and oxygen atoms in total. The molecule has 1 aliphatic heterocycles. The fourth-order valence-electron chi connectivity index (χ4n) is 2.32. The SMILES string of the molecule is COc1ccc2c(c1)C(c1ccccc1)=NNCC2. The van der Waals surface area contributed by atoms with Crippen molar-refractivity contribution in [3.63, 3.8) is 0 Å². The maximum absolute atomic E-state index is 5.33. The molecule has 0 atom stereocenters. The highest BCUT2D eigenvalue weighted by molar-refractivity contribution is 6.14. The summed E-state index contributed by atoms with van der Waals surface area (Å²) in [5, 5.41) is 4.52. The number of benzene rings is 2. The molecule has 0 aromatic heterocycles. The lowest BCUT2D eigenvalue weighted by Crippen LogP contribution is -2.10. The maximum atomic E-state index is 5.33. The Bertz CT molecular complexity index is 605. The Labute approximate surface area is 112 Å². The van der Waals surface area contributed by atoms with Gasteiger partial charge in [0.25, 0.3) is 0 Å². The minimum absolute atomic E-state index is 0.857. The number of hydrogen-bond donors (Lipinski definition) is 1. The molecule has 1 N–H and O–H groups in total. The molecule has 0 spiro atoms. The number of hydrogen-bond acceptors (Lipinski definition) is 3. The van der Waals surface area contributed by atoms with E-state index in [-0.39, 0.29) is 0 Å². The molecule has 0 bridgehead atoms. The van der Waals surface area contributed by atoms with Crippen LogP contribution in [0.1, 0.15) is 16.7 Å². The van der Waals surface area contributed by atoms with E-state index in [0.717, 1.165) is 35.6 Å². The van der Waals surface area contributed by atoms with Crippen LogP contribution in [0, 0.1) is 0 Å². The monoisotopic (exact) mass is 252 g/mol. The molecule has 3 rings (SSSR count). The molecule has 0 saturated carbocycles. The average Bonchev–Trinajstić information content (AvgIpc) is 2.69. The Kier molecular flexibility index (Phi) is 3.19. The zero-order valence-corrected chi connectivity index (χ0v) is 10.9. The molecule has 0 aliphatic carbocycles. The average molecular weight is 252 g/mol. The van der Waals surface area contributed by atoms with E-state index in [1.807, 2.05) is 24.3 Å². The van der Waals surface area contributed by atoms with Crippen LogP contribution in [0.3, 0.4) is 0 Å². The topological polar surface area (TPSA) is 33.6 Å². The van der Waals surface area contributed by atoms with E-state index in [9.17, 15) is 0 Å². The van der Waals surface area contributed by atoms with Gasteiger partial charge in [-0.1, -0.05) is 36.4 Å². The number of ether oxygens (including phenoxy) is 1. The first kappa shape index (κ1) is 11.8. The third kappa shape index (κ3) is 2.32. The zero-order valence-electron chi connectivity index (χ0n) is 10.9. The van der Waals surface area contributed by atoms with Gasteiger partial charge >= 0.3 is 0 Å². The molecule has 19 heavy (non-hydrogen) atoms. The molecule has 1 aliphatic rings. The minimum Gasteiger partial charge on any atom is -0.497 e. The summed E-state index contributed by atoms with van der Waals surface area (Å²) in [7, 11) is 1.69. The molecule has 0 unspecified atom stereocenters. The minimum atomic E-state index is 0.857. The number of nitrogens with one attached hydrogen (secondary N) is 1. The first-order valence-electron chi connectivity index (χ1n) is 6.42. The number of nitrogens with zero attached hydrogens (tertiary/aromatic N) is 1. The van der Waals surface area contributed by atoms with Crippen molar-refractivity contribution in [1.29, 1.82) is 0 Å². The van der Waals surface area contributed by atoms with Gasteiger partial charge in [0, 0.05) is 17.7 Å². The zero-order chi connectivity index (χ0) is 13.1. The van der Waals surface area contributed by atoms with Gasteiger partial charge in [-0.2, -0.15) is 5.10 Å². The molecule has 0 fully saturated rings. The van der Waals surface area contributed by atoms with E-state index in [1.54, 1.807) is 7.11 Å². The summed E-state index contributed by atoms with van der Waals surface area (Å²) in [6.07, 6.45) is 0.971. The summed E-state index contributed by atoms with van der Waals surface area (Å²) in [5.74, 6) is 0.865. The first-order chi connectivity index (χ1) is 9.38. The van der Waals surface area contributed by atoms with Crippen LogP contribution in [0.4, 0.5) is 0 Å². The predicted octanol–water partition coefficient (Wildman–Crippen LogP) is 2.59. The lowest BCUT2D eigenvalue weighted by atomic mass is 9.96. The van der Waals surface area contributed by atoms with Gasteiger partial charge in [-0.05, 0) is 24.1 Å². The van der Waals surface area contributed by atoms with Crippen molar-refractivity contribution in [3.05, 3.63) is 65.2 Å². The highest BCUT2D eigenvalue weighted by Crippen LogP contribution is 2.23. The van der Waals surface area contributed by atoms with Crippen LogP contribution in [-0.2, 0) is 6.42 Å². The standard InChI is InChI=1S/C16H16N2O/c1-19-14-8-7-12-9-10-17-18-16(15(12)11-14)13-5-3-2-4-6-13/h2-8,11,17H,9-10H2,1H3. The largest absolute Gasteiger partial charge is 0.497 e. The van der Waals surface area contributed by atoms with Crippen LogP contribution < -0.4 is 10.2 Å². The Hall–Kier alpha value is -2.29. The molecule has 2 aromatic rings. The van der Waals surface area contributed by atoms with Crippen molar-refractivity contribution in [2.24, 2.45) is 5.10 Å². The van der Waals surface area contributed by atoms with Gasteiger partial charge in [0.2, 0.25) is 0 Å². The Balaban J connectivity index is 2.14. The van der Waals surface area contributed by atoms with Crippen molar-refractivity contribution >= 4 is 5.71 Å². The second-order valence-electron chi connectivity index (χ2n) is 4.51. The van der Waals surface area contributed by atoms with Gasteiger partial charge in [-0.3, -0.25) is 0 Å². The van der Waals surface area contributed by atoms with E-state index >= 15 is 0 Å². The van der Waals surface area contributed by atoms with Crippen molar-refractivity contribution in [1.82, 2.24) is 5.43 Å². The molecule has 1 heterocycles. The van der Waals surface area contributed by atoms with Crippen LogP contribution >= 0.6 is 0 Å². The maximum Gasteiger partial charge on any atom is 0.119 e. The highest BCUT2D eigenvalue weighted by Gasteiger charge is 2.15. The van der Waals surface area contributed by atoms with Crippen LogP contribution in [0.2, 0.25) is 0 Å². The number of rotatable bonds is 2. The van der Waals surface area contributed by atoms with Gasteiger partial charge in [0.05, 0.1) is 12.8 Å². The quantitative estimate of drug-likeness (QED) is 0.891. The highest BCUT2D eigenvalue weighted by atomic mass is 16.5. The number of fused-ring (bicyclic) bond motifs is 1. The molecular weight excluding hydrogens is 236 g/mol. The summed E-state index contributed by atoms with van der Waals surface area (Å²) in [6.45, 7) is 0.857. The van der Waals surface area contributed by atoms with Crippen molar-refractivity contribution in [2.75, 3.05) is 13.7 Å². The van der Waals surface area contributed by atoms with E-state index < -0.39 is 0 Å². The molecule has 0 saturated heterocycles. The van der Waals surface area contributed by atoms with E-state index in [1.165, 1.54) is 5.56 Å². The summed E-state index contributed by atoms with van der Waals surface area (Å²) in [5.41, 5.74) is 7.67. The predicted molar refractivity (Wildman–Crippen MR) is 76.8 cm³/mol. The van der Waals surface area contributed by atoms with Crippen LogP contribution in [0.15, 0.2) is 53.6 Å². The smallest absolute Gasteiger partial charge is 0.119 e. The van der Waals surface area contributed by atoms with Crippen LogP contribution in [-0.4, -0.2) is 19.4 Å². The molecule has 0 radical (unpaired) electrons. The summed E-state index contributed by atoms with van der Waals surface area (Å²) in [4.78, 5) is 0. The lowest BCUT2D eigenvalue weighted by molar-refractivity contribution is 0.414. The van der Waals surface area contributed by atoms with Gasteiger partial charge in [-0.15, -0.1) is 0 Å². The molecule has 3 heteroatoms. The number of hydrazone groups is 1. The molecule has 0 amide bonds. The van der Waals surface area contributed by atoms with Crippen LogP contribution in [0.25, 0.3) is 0 Å². The third-order valence-corrected chi connectivity index (χ3v) is 3.32. The Morgan fingerprint density at radius 2 is 1.95 bits per heavy atom. The fourth-order valence-corrected chi connectivity index (χ4v) is 2.32. The fraction of sp³-hybridized carbons (Fsp3) is 0.188. The molecular formula is C16H16N2O. The van der Waals surface area contributed by atoms with Crippen molar-refractivity contribution < 1.29 is 4.74 Å². The van der Waals surface area contributed by atoms with Crippen molar-refractivity contribution in [3.8, 4) is 5.75 Å². The Morgan fingerprint density at radius 1 is 1.11 bits per heavy atom.